The van der Waals surface area contributed by atoms with Crippen molar-refractivity contribution in [2.45, 2.75) is 24.3 Å². The molecular weight excluding hydrogens is 310 g/mol. The van der Waals surface area contributed by atoms with Gasteiger partial charge in [0.1, 0.15) is 11.1 Å². The number of ether oxygens (including phenoxy) is 1. The summed E-state index contributed by atoms with van der Waals surface area (Å²) >= 11 is 0. The summed E-state index contributed by atoms with van der Waals surface area (Å²) in [5, 5.41) is 0.457. The van der Waals surface area contributed by atoms with Crippen LogP contribution in [0.1, 0.15) is 13.8 Å². The molecule has 0 saturated heterocycles. The van der Waals surface area contributed by atoms with Crippen LogP contribution in [0.2, 0.25) is 0 Å². The number of methoxy groups -OCH3 is 1. The van der Waals surface area contributed by atoms with Crippen LogP contribution in [0, 0.1) is 0 Å². The van der Waals surface area contributed by atoms with Crippen molar-refractivity contribution in [2.75, 3.05) is 7.11 Å². The Bertz CT molecular complexity index is 882. The van der Waals surface area contributed by atoms with Gasteiger partial charge in [0, 0.05) is 11.5 Å². The van der Waals surface area contributed by atoms with Crippen LogP contribution in [-0.2, 0) is 19.6 Å². The first kappa shape index (κ1) is 16.2. The maximum atomic E-state index is 12.4. The molecule has 1 heterocycles. The molecule has 0 aliphatic heterocycles. The second-order valence-corrected chi connectivity index (χ2v) is 6.86. The van der Waals surface area contributed by atoms with E-state index in [1.807, 2.05) is 0 Å². The van der Waals surface area contributed by atoms with Crippen LogP contribution in [0.4, 0.5) is 0 Å². The predicted octanol–water partition coefficient (Wildman–Crippen LogP) is 1.02. The molecule has 8 heteroatoms. The van der Waals surface area contributed by atoms with E-state index >= 15 is 0 Å². The first-order chi connectivity index (χ1) is 10.2. The SMILES string of the molecule is COC(=O)C(C)(C)NS(=O)(=O)c1ccc2oc(=O)ccc2c1. The molecular formula is C14H15NO6S. The summed E-state index contributed by atoms with van der Waals surface area (Å²) in [7, 11) is -2.77. The number of hydrogen-bond donors (Lipinski definition) is 1. The lowest BCUT2D eigenvalue weighted by atomic mass is 10.1. The van der Waals surface area contributed by atoms with E-state index in [2.05, 4.69) is 9.46 Å². The number of rotatable bonds is 4. The van der Waals surface area contributed by atoms with E-state index in [-0.39, 0.29) is 10.5 Å². The van der Waals surface area contributed by atoms with Crippen LogP contribution in [-0.4, -0.2) is 27.0 Å². The highest BCUT2D eigenvalue weighted by molar-refractivity contribution is 7.89. The van der Waals surface area contributed by atoms with Crippen molar-refractivity contribution in [2.24, 2.45) is 0 Å². The third kappa shape index (κ3) is 3.18. The first-order valence-electron chi connectivity index (χ1n) is 6.32. The molecule has 0 fully saturated rings. The highest BCUT2D eigenvalue weighted by atomic mass is 32.2. The largest absolute Gasteiger partial charge is 0.468 e. The van der Waals surface area contributed by atoms with Crippen molar-refractivity contribution in [1.29, 1.82) is 0 Å². The Labute approximate surface area is 126 Å². The summed E-state index contributed by atoms with van der Waals surface area (Å²) in [6.45, 7) is 2.80. The quantitative estimate of drug-likeness (QED) is 0.665. The van der Waals surface area contributed by atoms with Crippen LogP contribution in [0.3, 0.4) is 0 Å². The number of nitrogens with one attached hydrogen (secondary N) is 1. The molecule has 7 nitrogen and oxygen atoms in total. The first-order valence-corrected chi connectivity index (χ1v) is 7.80. The Hall–Kier alpha value is -2.19. The van der Waals surface area contributed by atoms with Crippen molar-refractivity contribution in [3.63, 3.8) is 0 Å². The van der Waals surface area contributed by atoms with Crippen LogP contribution < -0.4 is 10.3 Å². The Morgan fingerprint density at radius 2 is 1.91 bits per heavy atom. The molecule has 1 aromatic heterocycles. The second-order valence-electron chi connectivity index (χ2n) is 5.18. The number of benzene rings is 1. The Morgan fingerprint density at radius 1 is 1.23 bits per heavy atom. The van der Waals surface area contributed by atoms with Gasteiger partial charge in [-0.3, -0.25) is 4.79 Å². The van der Waals surface area contributed by atoms with Crippen molar-refractivity contribution in [1.82, 2.24) is 4.72 Å². The average molecular weight is 325 g/mol. The number of fused-ring (bicyclic) bond motifs is 1. The zero-order valence-electron chi connectivity index (χ0n) is 12.2. The van der Waals surface area contributed by atoms with Gasteiger partial charge in [-0.05, 0) is 38.1 Å². The van der Waals surface area contributed by atoms with Gasteiger partial charge < -0.3 is 9.15 Å². The summed E-state index contributed by atoms with van der Waals surface area (Å²) in [5.41, 5.74) is -1.65. The fourth-order valence-electron chi connectivity index (χ4n) is 1.91. The van der Waals surface area contributed by atoms with Gasteiger partial charge in [0.2, 0.25) is 10.0 Å². The van der Waals surface area contributed by atoms with E-state index in [9.17, 15) is 18.0 Å². The molecule has 0 saturated carbocycles. The summed E-state index contributed by atoms with van der Waals surface area (Å²) in [4.78, 5) is 22.7. The van der Waals surface area contributed by atoms with Crippen LogP contribution >= 0.6 is 0 Å². The Kier molecular flexibility index (Phi) is 4.08. The van der Waals surface area contributed by atoms with Crippen molar-refractivity contribution in [3.8, 4) is 0 Å². The van der Waals surface area contributed by atoms with Gasteiger partial charge in [0.25, 0.3) is 0 Å². The van der Waals surface area contributed by atoms with Crippen molar-refractivity contribution in [3.05, 3.63) is 40.8 Å². The summed E-state index contributed by atoms with van der Waals surface area (Å²) in [6, 6.07) is 6.70. The number of carbonyl (C=O) groups is 1. The summed E-state index contributed by atoms with van der Waals surface area (Å²) in [6.07, 6.45) is 0. The number of hydrogen-bond acceptors (Lipinski definition) is 6. The molecule has 0 bridgehead atoms. The number of esters is 1. The Balaban J connectivity index is 2.43. The fourth-order valence-corrected chi connectivity index (χ4v) is 3.31. The minimum Gasteiger partial charge on any atom is -0.468 e. The molecule has 2 aromatic rings. The van der Waals surface area contributed by atoms with Gasteiger partial charge in [0.05, 0.1) is 12.0 Å². The summed E-state index contributed by atoms with van der Waals surface area (Å²) in [5.74, 6) is -0.706. The topological polar surface area (TPSA) is 103 Å². The minimum atomic E-state index is -3.95. The molecule has 0 spiro atoms. The highest BCUT2D eigenvalue weighted by Crippen LogP contribution is 2.19. The lowest BCUT2D eigenvalue weighted by Gasteiger charge is -2.22. The highest BCUT2D eigenvalue weighted by Gasteiger charge is 2.34. The molecule has 0 radical (unpaired) electrons. The predicted molar refractivity (Wildman–Crippen MR) is 78.9 cm³/mol. The third-order valence-electron chi connectivity index (χ3n) is 2.99. The van der Waals surface area contributed by atoms with E-state index in [1.54, 1.807) is 0 Å². The maximum absolute atomic E-state index is 12.4. The molecule has 0 aliphatic carbocycles. The minimum absolute atomic E-state index is 0.0502. The van der Waals surface area contributed by atoms with E-state index < -0.39 is 27.2 Å². The fraction of sp³-hybridized carbons (Fsp3) is 0.286. The van der Waals surface area contributed by atoms with Crippen LogP contribution in [0.15, 0.2) is 44.4 Å². The normalized spacial score (nSPS) is 12.3. The molecule has 0 amide bonds. The van der Waals surface area contributed by atoms with Crippen LogP contribution in [0.25, 0.3) is 11.0 Å². The lowest BCUT2D eigenvalue weighted by molar-refractivity contribution is -0.146. The molecule has 118 valence electrons. The van der Waals surface area contributed by atoms with E-state index in [1.165, 1.54) is 51.3 Å². The number of sulfonamides is 1. The smallest absolute Gasteiger partial charge is 0.336 e. The monoisotopic (exact) mass is 325 g/mol. The zero-order chi connectivity index (χ0) is 16.5. The van der Waals surface area contributed by atoms with Gasteiger partial charge in [0.15, 0.2) is 0 Å². The summed E-state index contributed by atoms with van der Waals surface area (Å²) < 4.78 is 36.5. The molecule has 2 rings (SSSR count). The molecule has 0 aliphatic rings. The van der Waals surface area contributed by atoms with E-state index in [0.717, 1.165) is 0 Å². The molecule has 22 heavy (non-hydrogen) atoms. The van der Waals surface area contributed by atoms with Gasteiger partial charge in [-0.1, -0.05) is 0 Å². The zero-order valence-corrected chi connectivity index (χ0v) is 13.1. The van der Waals surface area contributed by atoms with Gasteiger partial charge in [-0.15, -0.1) is 0 Å². The van der Waals surface area contributed by atoms with E-state index in [4.69, 9.17) is 4.42 Å². The van der Waals surface area contributed by atoms with Gasteiger partial charge in [-0.25, -0.2) is 13.2 Å². The third-order valence-corrected chi connectivity index (χ3v) is 4.64. The van der Waals surface area contributed by atoms with Crippen molar-refractivity contribution < 1.29 is 22.4 Å². The average Bonchev–Trinajstić information content (AvgIpc) is 2.44. The number of carbonyl (C=O) groups excluding carboxylic acids is 1. The van der Waals surface area contributed by atoms with Crippen molar-refractivity contribution >= 4 is 27.0 Å². The standard InChI is InChI=1S/C14H15NO6S/c1-14(2,13(17)20-3)15-22(18,19)10-5-6-11-9(8-10)4-7-12(16)21-11/h4-8,15H,1-3H3. The molecule has 0 atom stereocenters. The van der Waals surface area contributed by atoms with Gasteiger partial charge >= 0.3 is 11.6 Å². The van der Waals surface area contributed by atoms with Gasteiger partial charge in [-0.2, -0.15) is 4.72 Å². The maximum Gasteiger partial charge on any atom is 0.336 e. The molecule has 1 aromatic carbocycles. The lowest BCUT2D eigenvalue weighted by Crippen LogP contribution is -2.50. The molecule has 0 unspecified atom stereocenters. The van der Waals surface area contributed by atoms with Crippen LogP contribution in [0.5, 0.6) is 0 Å². The second kappa shape index (κ2) is 5.54. The van der Waals surface area contributed by atoms with E-state index in [0.29, 0.717) is 5.39 Å². The molecule has 1 N–H and O–H groups in total. The Morgan fingerprint density at radius 3 is 2.55 bits per heavy atom.